The molecule has 0 bridgehead atoms. The number of morpholine rings is 1. The number of rotatable bonds is 7. The lowest BCUT2D eigenvalue weighted by atomic mass is 9.93. The summed E-state index contributed by atoms with van der Waals surface area (Å²) < 4.78 is 37.5. The summed E-state index contributed by atoms with van der Waals surface area (Å²) in [5, 5.41) is 20.4. The SMILES string of the molecule is CN1CCOCC1C(O)N1CCN(C2C(F)CNCC2NC(=O)C(C(N)N)C2NCC(F)C[N+]2=C2CCCC2)CC1. The monoisotopic (exact) mass is 586 g/mol. The van der Waals surface area contributed by atoms with Gasteiger partial charge in [-0.3, -0.25) is 24.8 Å². The van der Waals surface area contributed by atoms with E-state index >= 15 is 4.39 Å². The maximum Gasteiger partial charge on any atom is 0.234 e. The van der Waals surface area contributed by atoms with Gasteiger partial charge < -0.3 is 31.9 Å². The highest BCUT2D eigenvalue weighted by Crippen LogP contribution is 2.23. The molecule has 4 aliphatic heterocycles. The molecule has 0 aromatic carbocycles. The van der Waals surface area contributed by atoms with Gasteiger partial charge in [-0.1, -0.05) is 0 Å². The van der Waals surface area contributed by atoms with E-state index in [1.54, 1.807) is 0 Å². The topological polar surface area (TPSA) is 147 Å². The fraction of sp³-hybridized carbons (Fsp3) is 0.926. The van der Waals surface area contributed by atoms with E-state index < -0.39 is 48.9 Å². The van der Waals surface area contributed by atoms with Crippen LogP contribution in [0.2, 0.25) is 0 Å². The number of nitrogens with one attached hydrogen (secondary N) is 3. The predicted octanol–water partition coefficient (Wildman–Crippen LogP) is -2.80. The molecular weight excluding hydrogens is 536 g/mol. The molecule has 5 rings (SSSR count). The van der Waals surface area contributed by atoms with Crippen molar-refractivity contribution in [2.45, 2.75) is 74.7 Å². The Balaban J connectivity index is 1.25. The standard InChI is InChI=1S/C27H49F2N9O3/c1-35-10-11-41-16-21(35)27(40)37-8-6-36(7-9-37)23-19(29)13-32-14-20(23)34-26(39)22(24(30)31)25-33-12-17(28)15-38(25)18-4-2-3-5-18/h17,19-25,27,32-33,40H,2-16,30-31H2,1H3/p+1. The second-order valence-corrected chi connectivity index (χ2v) is 12.4. The van der Waals surface area contributed by atoms with Crippen molar-refractivity contribution < 1.29 is 28.0 Å². The van der Waals surface area contributed by atoms with Crippen LogP contribution in [0.25, 0.3) is 0 Å². The second kappa shape index (κ2) is 14.0. The van der Waals surface area contributed by atoms with Crippen LogP contribution in [0.5, 0.6) is 0 Å². The van der Waals surface area contributed by atoms with Crippen LogP contribution in [0, 0.1) is 5.92 Å². The minimum Gasteiger partial charge on any atom is -0.378 e. The Morgan fingerprint density at radius 2 is 1.85 bits per heavy atom. The maximum absolute atomic E-state index is 15.5. The van der Waals surface area contributed by atoms with Crippen LogP contribution in [0.1, 0.15) is 25.7 Å². The third-order valence-electron chi connectivity index (χ3n) is 9.67. The lowest BCUT2D eigenvalue weighted by Crippen LogP contribution is -2.70. The van der Waals surface area contributed by atoms with Gasteiger partial charge in [-0.15, -0.1) is 0 Å². The van der Waals surface area contributed by atoms with Crippen molar-refractivity contribution in [3.8, 4) is 0 Å². The van der Waals surface area contributed by atoms with Crippen molar-refractivity contribution in [2.75, 3.05) is 79.2 Å². The normalized spacial score (nSPS) is 36.5. The number of halogens is 2. The van der Waals surface area contributed by atoms with E-state index in [-0.39, 0.29) is 31.6 Å². The number of nitrogens with zero attached hydrogens (tertiary/aromatic N) is 4. The van der Waals surface area contributed by atoms with Crippen LogP contribution >= 0.6 is 0 Å². The number of carbonyl (C=O) groups is 1. The van der Waals surface area contributed by atoms with Gasteiger partial charge in [0.05, 0.1) is 37.5 Å². The third-order valence-corrected chi connectivity index (χ3v) is 9.67. The Kier molecular flexibility index (Phi) is 10.6. The fourth-order valence-electron chi connectivity index (χ4n) is 7.33. The first kappa shape index (κ1) is 31.1. The number of hydrogen-bond donors (Lipinski definition) is 6. The molecule has 12 nitrogen and oxygen atoms in total. The van der Waals surface area contributed by atoms with Gasteiger partial charge in [-0.2, -0.15) is 0 Å². The summed E-state index contributed by atoms with van der Waals surface area (Å²) in [6.07, 6.45) is -0.531. The first-order valence-electron chi connectivity index (χ1n) is 15.3. The summed E-state index contributed by atoms with van der Waals surface area (Å²) in [5.41, 5.74) is 13.5. The summed E-state index contributed by atoms with van der Waals surface area (Å²) >= 11 is 0. The van der Waals surface area contributed by atoms with Crippen molar-refractivity contribution in [3.63, 3.8) is 0 Å². The van der Waals surface area contributed by atoms with Crippen molar-refractivity contribution in [1.29, 1.82) is 0 Å². The van der Waals surface area contributed by atoms with Crippen LogP contribution < -0.4 is 27.4 Å². The van der Waals surface area contributed by atoms with E-state index in [9.17, 15) is 14.3 Å². The van der Waals surface area contributed by atoms with Crippen LogP contribution in [0.4, 0.5) is 8.78 Å². The molecule has 41 heavy (non-hydrogen) atoms. The zero-order valence-electron chi connectivity index (χ0n) is 24.3. The molecule has 1 aliphatic carbocycles. The third kappa shape index (κ3) is 7.07. The molecule has 0 radical (unpaired) electrons. The first-order valence-corrected chi connectivity index (χ1v) is 15.3. The molecule has 4 heterocycles. The summed E-state index contributed by atoms with van der Waals surface area (Å²) in [5.74, 6) is -1.18. The molecule has 4 saturated heterocycles. The molecule has 1 saturated carbocycles. The molecule has 0 aromatic rings. The lowest BCUT2D eigenvalue weighted by Gasteiger charge is -2.48. The predicted molar refractivity (Wildman–Crippen MR) is 151 cm³/mol. The Morgan fingerprint density at radius 3 is 2.54 bits per heavy atom. The Hall–Kier alpha value is -1.36. The number of hydrogen-bond acceptors (Lipinski definition) is 10. The molecule has 8 N–H and O–H groups in total. The average molecular weight is 587 g/mol. The quantitative estimate of drug-likeness (QED) is 0.137. The number of carbonyl (C=O) groups excluding carboxylic acids is 1. The van der Waals surface area contributed by atoms with Gasteiger partial charge in [0.25, 0.3) is 0 Å². The largest absolute Gasteiger partial charge is 0.378 e. The van der Waals surface area contributed by atoms with Gasteiger partial charge in [-0.25, -0.2) is 13.4 Å². The summed E-state index contributed by atoms with van der Waals surface area (Å²) in [6.45, 7) is 5.19. The van der Waals surface area contributed by atoms with E-state index in [0.717, 1.165) is 37.9 Å². The highest BCUT2D eigenvalue weighted by molar-refractivity contribution is 5.83. The number of alkyl halides is 2. The molecule has 1 amide bonds. The number of amides is 1. The first-order chi connectivity index (χ1) is 19.7. The molecular formula is C27H50F2N9O3+. The van der Waals surface area contributed by atoms with Crippen molar-refractivity contribution in [3.05, 3.63) is 0 Å². The maximum atomic E-state index is 15.5. The van der Waals surface area contributed by atoms with Gasteiger partial charge in [0.1, 0.15) is 18.3 Å². The number of aliphatic hydroxyl groups excluding tert-OH is 1. The molecule has 14 heteroatoms. The van der Waals surface area contributed by atoms with Crippen molar-refractivity contribution >= 4 is 11.6 Å². The number of piperazine rings is 1. The molecule has 0 aromatic heterocycles. The number of aliphatic hydroxyl groups is 1. The summed E-state index contributed by atoms with van der Waals surface area (Å²) in [7, 11) is 1.99. The van der Waals surface area contributed by atoms with E-state index in [1.807, 2.05) is 16.5 Å². The average Bonchev–Trinajstić information content (AvgIpc) is 3.49. The van der Waals surface area contributed by atoms with Crippen LogP contribution in [-0.2, 0) is 9.53 Å². The Labute approximate surface area is 241 Å². The van der Waals surface area contributed by atoms with Crippen molar-refractivity contribution in [2.24, 2.45) is 17.4 Å². The fourth-order valence-corrected chi connectivity index (χ4v) is 7.33. The van der Waals surface area contributed by atoms with Gasteiger partial charge in [0, 0.05) is 65.2 Å². The zero-order chi connectivity index (χ0) is 29.1. The molecule has 234 valence electrons. The number of nitrogens with two attached hydrogens (primary N) is 2. The van der Waals surface area contributed by atoms with Gasteiger partial charge >= 0.3 is 0 Å². The number of piperidine rings is 1. The number of ether oxygens (including phenoxy) is 1. The van der Waals surface area contributed by atoms with E-state index in [4.69, 9.17) is 16.2 Å². The second-order valence-electron chi connectivity index (χ2n) is 12.4. The van der Waals surface area contributed by atoms with E-state index in [2.05, 4.69) is 25.8 Å². The minimum atomic E-state index is -1.18. The van der Waals surface area contributed by atoms with Gasteiger partial charge in [0.2, 0.25) is 12.1 Å². The van der Waals surface area contributed by atoms with Gasteiger partial charge in [0.15, 0.2) is 18.4 Å². The highest BCUT2D eigenvalue weighted by atomic mass is 19.1. The molecule has 8 unspecified atom stereocenters. The molecule has 5 aliphatic rings. The van der Waals surface area contributed by atoms with E-state index in [0.29, 0.717) is 45.9 Å². The molecule has 5 fully saturated rings. The van der Waals surface area contributed by atoms with Gasteiger partial charge in [-0.05, 0) is 19.9 Å². The molecule has 8 atom stereocenters. The highest BCUT2D eigenvalue weighted by Gasteiger charge is 2.47. The Bertz CT molecular complexity index is 914. The van der Waals surface area contributed by atoms with Crippen LogP contribution in [0.15, 0.2) is 0 Å². The zero-order valence-corrected chi connectivity index (χ0v) is 24.3. The lowest BCUT2D eigenvalue weighted by molar-refractivity contribution is -0.595. The Morgan fingerprint density at radius 1 is 1.12 bits per heavy atom. The van der Waals surface area contributed by atoms with Crippen LogP contribution in [-0.4, -0.2) is 164 Å². The molecule has 0 spiro atoms. The van der Waals surface area contributed by atoms with E-state index in [1.165, 1.54) is 0 Å². The van der Waals surface area contributed by atoms with Crippen LogP contribution in [0.3, 0.4) is 0 Å². The number of likely N-dealkylation sites (N-methyl/N-ethyl adjacent to an activating group) is 1. The smallest absolute Gasteiger partial charge is 0.234 e. The van der Waals surface area contributed by atoms with Crippen molar-refractivity contribution in [1.82, 2.24) is 30.7 Å². The summed E-state index contributed by atoms with van der Waals surface area (Å²) in [4.78, 5) is 20.0. The minimum absolute atomic E-state index is 0.101. The summed E-state index contributed by atoms with van der Waals surface area (Å²) in [6, 6.07) is -1.12.